The van der Waals surface area contributed by atoms with E-state index in [1.807, 2.05) is 6.07 Å². The third-order valence-corrected chi connectivity index (χ3v) is 3.69. The highest BCUT2D eigenvalue weighted by Crippen LogP contribution is 2.23. The van der Waals surface area contributed by atoms with Gasteiger partial charge in [0.1, 0.15) is 12.4 Å². The summed E-state index contributed by atoms with van der Waals surface area (Å²) in [5.74, 6) is 0.664. The molecule has 0 bridgehead atoms. The number of sulfone groups is 1. The summed E-state index contributed by atoms with van der Waals surface area (Å²) in [5, 5.41) is 3.99. The van der Waals surface area contributed by atoms with E-state index in [4.69, 9.17) is 16.3 Å². The lowest BCUT2D eigenvalue weighted by Crippen LogP contribution is -2.35. The van der Waals surface area contributed by atoms with Crippen molar-refractivity contribution in [1.29, 1.82) is 0 Å². The Kier molecular flexibility index (Phi) is 5.86. The fourth-order valence-electron chi connectivity index (χ4n) is 1.49. The summed E-state index contributed by atoms with van der Waals surface area (Å²) in [4.78, 5) is 0. The molecule has 0 aromatic heterocycles. The number of halogens is 1. The Balaban J connectivity index is 2.74. The maximum atomic E-state index is 11.1. The lowest BCUT2D eigenvalue weighted by Gasteiger charge is -2.21. The van der Waals surface area contributed by atoms with Crippen LogP contribution in [0.1, 0.15) is 26.3 Å². The second kappa shape index (κ2) is 6.78. The van der Waals surface area contributed by atoms with Crippen LogP contribution in [0.25, 0.3) is 0 Å². The van der Waals surface area contributed by atoms with Crippen molar-refractivity contribution in [2.75, 3.05) is 18.6 Å². The number of ether oxygens (including phenoxy) is 1. The molecule has 0 saturated heterocycles. The Morgan fingerprint density at radius 3 is 2.50 bits per heavy atom. The average molecular weight is 320 g/mol. The van der Waals surface area contributed by atoms with Crippen LogP contribution < -0.4 is 10.1 Å². The van der Waals surface area contributed by atoms with Crippen molar-refractivity contribution in [1.82, 2.24) is 5.32 Å². The van der Waals surface area contributed by atoms with Crippen LogP contribution in [0.4, 0.5) is 0 Å². The molecule has 0 aliphatic carbocycles. The van der Waals surface area contributed by atoms with Crippen LogP contribution in [0.3, 0.4) is 0 Å². The second-order valence-electron chi connectivity index (χ2n) is 5.83. The minimum absolute atomic E-state index is 0.00175. The molecule has 114 valence electrons. The summed E-state index contributed by atoms with van der Waals surface area (Å²) in [6.07, 6.45) is 1.19. The smallest absolute Gasteiger partial charge is 0.150 e. The van der Waals surface area contributed by atoms with Crippen LogP contribution >= 0.6 is 11.6 Å². The Morgan fingerprint density at radius 2 is 1.95 bits per heavy atom. The quantitative estimate of drug-likeness (QED) is 0.876. The molecule has 20 heavy (non-hydrogen) atoms. The van der Waals surface area contributed by atoms with Crippen LogP contribution in [0.2, 0.25) is 5.02 Å². The predicted molar refractivity (Wildman–Crippen MR) is 83.3 cm³/mol. The van der Waals surface area contributed by atoms with Gasteiger partial charge in [-0.3, -0.25) is 0 Å². The number of hydrogen-bond donors (Lipinski definition) is 1. The zero-order valence-corrected chi connectivity index (χ0v) is 13.9. The van der Waals surface area contributed by atoms with Gasteiger partial charge in [0.2, 0.25) is 0 Å². The highest BCUT2D eigenvalue weighted by atomic mass is 35.5. The topological polar surface area (TPSA) is 55.4 Å². The molecule has 0 atom stereocenters. The summed E-state index contributed by atoms with van der Waals surface area (Å²) in [6.45, 7) is 6.96. The normalized spacial score (nSPS) is 12.4. The standard InChI is InChI=1S/C14H22ClNO3S/c1-14(2,3)16-10-11-9-12(15)5-6-13(11)19-7-8-20(4,17)18/h5-6,9,16H,7-8,10H2,1-4H3. The molecule has 0 saturated carbocycles. The van der Waals surface area contributed by atoms with Gasteiger partial charge < -0.3 is 10.1 Å². The predicted octanol–water partition coefficient (Wildman–Crippen LogP) is 2.65. The number of nitrogens with one attached hydrogen (secondary N) is 1. The van der Waals surface area contributed by atoms with Crippen LogP contribution in [0.5, 0.6) is 5.75 Å². The average Bonchev–Trinajstić information content (AvgIpc) is 2.26. The lowest BCUT2D eigenvalue weighted by atomic mass is 10.1. The first-order valence-electron chi connectivity index (χ1n) is 6.41. The number of benzene rings is 1. The Morgan fingerprint density at radius 1 is 1.30 bits per heavy atom. The van der Waals surface area contributed by atoms with Crippen molar-refractivity contribution in [2.24, 2.45) is 0 Å². The molecule has 6 heteroatoms. The molecule has 0 aliphatic heterocycles. The minimum Gasteiger partial charge on any atom is -0.492 e. The monoisotopic (exact) mass is 319 g/mol. The molecular formula is C14H22ClNO3S. The largest absolute Gasteiger partial charge is 0.492 e. The summed E-state index contributed by atoms with van der Waals surface area (Å²) in [7, 11) is -3.02. The lowest BCUT2D eigenvalue weighted by molar-refractivity contribution is 0.333. The van der Waals surface area contributed by atoms with Gasteiger partial charge in [0.15, 0.2) is 9.84 Å². The number of hydrogen-bond acceptors (Lipinski definition) is 4. The maximum absolute atomic E-state index is 11.1. The van der Waals surface area contributed by atoms with Crippen molar-refractivity contribution >= 4 is 21.4 Å². The molecule has 4 nitrogen and oxygen atoms in total. The van der Waals surface area contributed by atoms with Gasteiger partial charge in [-0.25, -0.2) is 8.42 Å². The van der Waals surface area contributed by atoms with Crippen LogP contribution in [-0.4, -0.2) is 32.6 Å². The zero-order valence-electron chi connectivity index (χ0n) is 12.4. The van der Waals surface area contributed by atoms with Gasteiger partial charge in [-0.1, -0.05) is 11.6 Å². The van der Waals surface area contributed by atoms with Gasteiger partial charge in [0.05, 0.1) is 5.75 Å². The van der Waals surface area contributed by atoms with Crippen molar-refractivity contribution in [2.45, 2.75) is 32.9 Å². The summed E-state index contributed by atoms with van der Waals surface area (Å²) in [5.41, 5.74) is 0.896. The Bertz CT molecular complexity index is 550. The summed E-state index contributed by atoms with van der Waals surface area (Å²) >= 11 is 5.99. The molecular weight excluding hydrogens is 298 g/mol. The van der Waals surface area contributed by atoms with Gasteiger partial charge in [-0.15, -0.1) is 0 Å². The van der Waals surface area contributed by atoms with E-state index in [-0.39, 0.29) is 17.9 Å². The molecule has 0 amide bonds. The molecule has 1 aromatic carbocycles. The molecule has 0 spiro atoms. The van der Waals surface area contributed by atoms with E-state index in [2.05, 4.69) is 26.1 Å². The highest BCUT2D eigenvalue weighted by molar-refractivity contribution is 7.90. The molecule has 0 unspecified atom stereocenters. The molecule has 0 aliphatic rings. The van der Waals surface area contributed by atoms with Gasteiger partial charge in [-0.05, 0) is 39.0 Å². The highest BCUT2D eigenvalue weighted by Gasteiger charge is 2.12. The first-order chi connectivity index (χ1) is 9.07. The van der Waals surface area contributed by atoms with Crippen molar-refractivity contribution < 1.29 is 13.2 Å². The first kappa shape index (κ1) is 17.3. The van der Waals surface area contributed by atoms with Crippen LogP contribution in [0, 0.1) is 0 Å². The second-order valence-corrected chi connectivity index (χ2v) is 8.53. The number of rotatable bonds is 6. The van der Waals surface area contributed by atoms with Gasteiger partial charge in [-0.2, -0.15) is 0 Å². The van der Waals surface area contributed by atoms with E-state index in [0.29, 0.717) is 17.3 Å². The SMILES string of the molecule is CC(C)(C)NCc1cc(Cl)ccc1OCCS(C)(=O)=O. The van der Waals surface area contributed by atoms with E-state index in [1.54, 1.807) is 12.1 Å². The summed E-state index contributed by atoms with van der Waals surface area (Å²) in [6, 6.07) is 5.33. The third kappa shape index (κ3) is 7.12. The minimum atomic E-state index is -3.02. The van der Waals surface area contributed by atoms with Gasteiger partial charge >= 0.3 is 0 Å². The van der Waals surface area contributed by atoms with E-state index >= 15 is 0 Å². The zero-order chi connectivity index (χ0) is 15.4. The molecule has 1 aromatic rings. The van der Waals surface area contributed by atoms with Gasteiger partial charge in [0, 0.05) is 28.9 Å². The molecule has 0 radical (unpaired) electrons. The van der Waals surface area contributed by atoms with Crippen molar-refractivity contribution in [3.63, 3.8) is 0 Å². The van der Waals surface area contributed by atoms with E-state index in [1.165, 1.54) is 6.26 Å². The molecule has 0 heterocycles. The summed E-state index contributed by atoms with van der Waals surface area (Å²) < 4.78 is 27.8. The van der Waals surface area contributed by atoms with Gasteiger partial charge in [0.25, 0.3) is 0 Å². The molecule has 1 rings (SSSR count). The third-order valence-electron chi connectivity index (χ3n) is 2.54. The van der Waals surface area contributed by atoms with E-state index in [9.17, 15) is 8.42 Å². The maximum Gasteiger partial charge on any atom is 0.150 e. The van der Waals surface area contributed by atoms with Crippen molar-refractivity contribution in [3.8, 4) is 5.75 Å². The molecule has 1 N–H and O–H groups in total. The Hall–Kier alpha value is -0.780. The van der Waals surface area contributed by atoms with Crippen LogP contribution in [-0.2, 0) is 16.4 Å². The fourth-order valence-corrected chi connectivity index (χ4v) is 2.07. The van der Waals surface area contributed by atoms with E-state index in [0.717, 1.165) is 5.56 Å². The fraction of sp³-hybridized carbons (Fsp3) is 0.571. The van der Waals surface area contributed by atoms with Crippen molar-refractivity contribution in [3.05, 3.63) is 28.8 Å². The molecule has 0 fully saturated rings. The van der Waals surface area contributed by atoms with E-state index < -0.39 is 9.84 Å². The van der Waals surface area contributed by atoms with Crippen LogP contribution in [0.15, 0.2) is 18.2 Å². The Labute approximate surface area is 126 Å². The first-order valence-corrected chi connectivity index (χ1v) is 8.85.